The van der Waals surface area contributed by atoms with Gasteiger partial charge in [0, 0.05) is 37.3 Å². The average Bonchev–Trinajstić information content (AvgIpc) is 2.78. The summed E-state index contributed by atoms with van der Waals surface area (Å²) < 4.78 is 0.163. The first-order valence-corrected chi connectivity index (χ1v) is 12.2. The lowest BCUT2D eigenvalue weighted by Gasteiger charge is -2.47. The molecule has 1 N–H and O–H groups in total. The minimum Gasteiger partial charge on any atom is -0.336 e. The van der Waals surface area contributed by atoms with Crippen LogP contribution in [0.4, 0.5) is 0 Å². The zero-order valence-electron chi connectivity index (χ0n) is 17.9. The van der Waals surface area contributed by atoms with Gasteiger partial charge in [0.25, 0.3) is 5.56 Å². The molecule has 0 spiro atoms. The molecule has 3 heterocycles. The van der Waals surface area contributed by atoms with Crippen molar-refractivity contribution in [1.29, 1.82) is 0 Å². The second kappa shape index (κ2) is 8.95. The third kappa shape index (κ3) is 4.65. The molecule has 1 fully saturated rings. The fourth-order valence-corrected chi connectivity index (χ4v) is 5.93. The molecule has 1 aromatic heterocycles. The Kier molecular flexibility index (Phi) is 6.17. The fraction of sp³-hybridized carbons (Fsp3) is 0.360. The van der Waals surface area contributed by atoms with Gasteiger partial charge in [0.15, 0.2) is 0 Å². The number of likely N-dealkylation sites (tertiary alicyclic amines) is 1. The van der Waals surface area contributed by atoms with Gasteiger partial charge < -0.3 is 9.88 Å². The maximum absolute atomic E-state index is 13.1. The van der Waals surface area contributed by atoms with Gasteiger partial charge in [-0.05, 0) is 34.7 Å². The Morgan fingerprint density at radius 3 is 2.58 bits per heavy atom. The summed E-state index contributed by atoms with van der Waals surface area (Å²) >= 11 is 19.1. The minimum absolute atomic E-state index is 0.0250. The van der Waals surface area contributed by atoms with Crippen molar-refractivity contribution in [3.8, 4) is 0 Å². The summed E-state index contributed by atoms with van der Waals surface area (Å²) in [6, 6.07) is 19.3. The summed E-state index contributed by atoms with van der Waals surface area (Å²) in [4.78, 5) is 27.4. The van der Waals surface area contributed by atoms with Crippen LogP contribution in [-0.2, 0) is 17.8 Å². The summed E-state index contributed by atoms with van der Waals surface area (Å²) in [5, 5.41) is 5.11. The van der Waals surface area contributed by atoms with Crippen molar-refractivity contribution in [1.82, 2.24) is 14.8 Å². The third-order valence-electron chi connectivity index (χ3n) is 6.71. The summed E-state index contributed by atoms with van der Waals surface area (Å²) in [5.41, 5.74) is 1.96. The first kappa shape index (κ1) is 22.7. The predicted molar refractivity (Wildman–Crippen MR) is 133 cm³/mol. The largest absolute Gasteiger partial charge is 0.336 e. The van der Waals surface area contributed by atoms with E-state index in [0.717, 1.165) is 28.5 Å². The highest BCUT2D eigenvalue weighted by Crippen LogP contribution is 2.40. The molecule has 33 heavy (non-hydrogen) atoms. The van der Waals surface area contributed by atoms with E-state index >= 15 is 0 Å². The van der Waals surface area contributed by atoms with Crippen LogP contribution in [0.3, 0.4) is 0 Å². The smallest absolute Gasteiger partial charge is 0.250 e. The minimum atomic E-state index is -1.70. The van der Waals surface area contributed by atoms with E-state index < -0.39 is 9.96 Å². The van der Waals surface area contributed by atoms with E-state index in [9.17, 15) is 9.59 Å². The molecule has 8 heteroatoms. The number of halogens is 3. The molecule has 5 nitrogen and oxygen atoms in total. The molecule has 2 bridgehead atoms. The molecule has 0 aliphatic carbocycles. The maximum atomic E-state index is 13.1. The van der Waals surface area contributed by atoms with E-state index in [1.165, 1.54) is 0 Å². The Balaban J connectivity index is 1.36. The highest BCUT2D eigenvalue weighted by Gasteiger charge is 2.44. The van der Waals surface area contributed by atoms with Crippen LogP contribution >= 0.6 is 34.8 Å². The summed E-state index contributed by atoms with van der Waals surface area (Å²) in [6.45, 7) is 1.88. The number of hydrogen-bond acceptors (Lipinski definition) is 3. The van der Waals surface area contributed by atoms with Crippen LogP contribution < -0.4 is 10.9 Å². The number of nitrogens with zero attached hydrogens (tertiary/aromatic N) is 2. The SMILES string of the molecule is O=C(Cc1cccc2ccccc12)NC(N1C[C@H]2C[C@@H](C1)c1cccc(=O)n1C2)C(Cl)(Cl)Cl. The number of fused-ring (bicyclic) bond motifs is 5. The number of carbonyl (C=O) groups excluding carboxylic acids is 1. The van der Waals surface area contributed by atoms with Crippen LogP contribution in [0.1, 0.15) is 23.6 Å². The number of hydrogen-bond donors (Lipinski definition) is 1. The second-order valence-corrected chi connectivity index (χ2v) is 11.3. The number of aromatic nitrogens is 1. The Labute approximate surface area is 207 Å². The van der Waals surface area contributed by atoms with Crippen molar-refractivity contribution < 1.29 is 4.79 Å². The first-order chi connectivity index (χ1) is 15.8. The monoisotopic (exact) mass is 503 g/mol. The van der Waals surface area contributed by atoms with Crippen LogP contribution in [-0.4, -0.2) is 38.4 Å². The molecule has 0 saturated carbocycles. The van der Waals surface area contributed by atoms with Gasteiger partial charge in [-0.1, -0.05) is 83.3 Å². The van der Waals surface area contributed by atoms with Gasteiger partial charge in [-0.15, -0.1) is 0 Å². The van der Waals surface area contributed by atoms with Crippen molar-refractivity contribution in [3.63, 3.8) is 0 Å². The standard InChI is InChI=1S/C25H24Cl3N3O2/c26-25(27,28)24(29-22(32)12-18-7-3-6-17-5-1-2-8-20(17)18)30-13-16-11-19(15-30)21-9-4-10-23(33)31(21)14-16/h1-10,16,19,24H,11-15H2,(H,29,32)/t16-,19+,24?/m1/s1. The fourth-order valence-electron chi connectivity index (χ4n) is 5.35. The van der Waals surface area contributed by atoms with E-state index in [4.69, 9.17) is 34.8 Å². The molecule has 172 valence electrons. The molecular weight excluding hydrogens is 481 g/mol. The Morgan fingerprint density at radius 1 is 1.00 bits per heavy atom. The Morgan fingerprint density at radius 2 is 1.76 bits per heavy atom. The van der Waals surface area contributed by atoms with Gasteiger partial charge in [-0.2, -0.15) is 0 Å². The molecule has 2 aliphatic rings. The Bertz CT molecular complexity index is 1250. The molecule has 1 amide bonds. The van der Waals surface area contributed by atoms with Crippen molar-refractivity contribution in [3.05, 3.63) is 82.3 Å². The number of carbonyl (C=O) groups is 1. The van der Waals surface area contributed by atoms with Crippen LogP contribution in [0.15, 0.2) is 65.5 Å². The van der Waals surface area contributed by atoms with Gasteiger partial charge in [0.1, 0.15) is 6.17 Å². The number of alkyl halides is 3. The van der Waals surface area contributed by atoms with Gasteiger partial charge in [0.2, 0.25) is 9.70 Å². The van der Waals surface area contributed by atoms with Crippen molar-refractivity contribution in [2.24, 2.45) is 5.92 Å². The molecule has 3 atom stereocenters. The number of pyridine rings is 1. The van der Waals surface area contributed by atoms with Crippen molar-refractivity contribution in [2.75, 3.05) is 13.1 Å². The summed E-state index contributed by atoms with van der Waals surface area (Å²) in [6.07, 6.45) is 0.408. The van der Waals surface area contributed by atoms with Gasteiger partial charge in [-0.25, -0.2) is 0 Å². The van der Waals surface area contributed by atoms with Gasteiger partial charge >= 0.3 is 0 Å². The maximum Gasteiger partial charge on any atom is 0.250 e. The lowest BCUT2D eigenvalue weighted by atomic mass is 9.83. The number of amides is 1. The second-order valence-electron chi connectivity index (χ2n) is 8.98. The van der Waals surface area contributed by atoms with Crippen LogP contribution in [0.5, 0.6) is 0 Å². The Hall–Kier alpha value is -2.05. The van der Waals surface area contributed by atoms with Gasteiger partial charge in [-0.3, -0.25) is 14.5 Å². The van der Waals surface area contributed by atoms with E-state index in [2.05, 4.69) is 5.32 Å². The highest BCUT2D eigenvalue weighted by atomic mass is 35.6. The van der Waals surface area contributed by atoms with Crippen LogP contribution in [0.25, 0.3) is 10.8 Å². The predicted octanol–water partition coefficient (Wildman–Crippen LogP) is 4.48. The molecule has 3 aromatic rings. The number of piperidine rings is 1. The average molecular weight is 505 g/mol. The molecule has 2 aromatic carbocycles. The van der Waals surface area contributed by atoms with Crippen LogP contribution in [0.2, 0.25) is 0 Å². The zero-order valence-corrected chi connectivity index (χ0v) is 20.2. The van der Waals surface area contributed by atoms with Gasteiger partial charge in [0.05, 0.1) is 6.42 Å². The number of nitrogens with one attached hydrogen (secondary N) is 1. The molecule has 0 radical (unpaired) electrons. The normalized spacial score (nSPS) is 21.4. The number of rotatable bonds is 4. The molecular formula is C25H24Cl3N3O2. The molecule has 2 aliphatic heterocycles. The van der Waals surface area contributed by atoms with E-state index in [0.29, 0.717) is 19.6 Å². The highest BCUT2D eigenvalue weighted by molar-refractivity contribution is 6.68. The van der Waals surface area contributed by atoms with Crippen molar-refractivity contribution in [2.45, 2.75) is 35.3 Å². The summed E-state index contributed by atoms with van der Waals surface area (Å²) in [7, 11) is 0. The van der Waals surface area contributed by atoms with E-state index in [1.807, 2.05) is 58.0 Å². The van der Waals surface area contributed by atoms with E-state index in [-0.39, 0.29) is 29.7 Å². The zero-order chi connectivity index (χ0) is 23.2. The molecule has 1 unspecified atom stereocenters. The van der Waals surface area contributed by atoms with E-state index in [1.54, 1.807) is 12.1 Å². The molecule has 1 saturated heterocycles. The van der Waals surface area contributed by atoms with Crippen molar-refractivity contribution >= 4 is 51.5 Å². The topological polar surface area (TPSA) is 54.3 Å². The summed E-state index contributed by atoms with van der Waals surface area (Å²) in [5.74, 6) is 0.201. The van der Waals surface area contributed by atoms with Crippen LogP contribution in [0, 0.1) is 5.92 Å². The number of benzene rings is 2. The quantitative estimate of drug-likeness (QED) is 0.533. The lowest BCUT2D eigenvalue weighted by molar-refractivity contribution is -0.122. The first-order valence-electron chi connectivity index (χ1n) is 11.1. The molecule has 5 rings (SSSR count). The third-order valence-corrected chi connectivity index (χ3v) is 7.33. The lowest BCUT2D eigenvalue weighted by Crippen LogP contribution is -2.60.